The topological polar surface area (TPSA) is 63.7 Å². The smallest absolute Gasteiger partial charge is 0.243 e. The highest BCUT2D eigenvalue weighted by atomic mass is 35.5. The Morgan fingerprint density at radius 2 is 1.97 bits per heavy atom. The minimum Gasteiger partial charge on any atom is -0.484 e. The van der Waals surface area contributed by atoms with E-state index in [0.29, 0.717) is 18.2 Å². The Bertz CT molecular complexity index is 881. The highest BCUT2D eigenvalue weighted by molar-refractivity contribution is 6.30. The average Bonchev–Trinajstić information content (AvgIpc) is 2.77. The van der Waals surface area contributed by atoms with Crippen molar-refractivity contribution in [1.82, 2.24) is 10.3 Å². The van der Waals surface area contributed by atoms with Gasteiger partial charge in [0.2, 0.25) is 5.91 Å². The normalized spacial score (nSPS) is 21.2. The molecule has 1 saturated heterocycles. The van der Waals surface area contributed by atoms with Gasteiger partial charge >= 0.3 is 0 Å². The van der Waals surface area contributed by atoms with E-state index in [1.54, 1.807) is 0 Å². The number of benzene rings is 1. The Balaban J connectivity index is 1.65. The molecule has 2 atom stereocenters. The largest absolute Gasteiger partial charge is 0.484 e. The van der Waals surface area contributed by atoms with Crippen molar-refractivity contribution in [3.63, 3.8) is 0 Å². The van der Waals surface area contributed by atoms with Gasteiger partial charge in [-0.05, 0) is 54.8 Å². The first kappa shape index (κ1) is 19.7. The fourth-order valence-corrected chi connectivity index (χ4v) is 3.91. The molecule has 0 saturated carbocycles. The van der Waals surface area contributed by atoms with Crippen LogP contribution in [0.3, 0.4) is 0 Å². The minimum absolute atomic E-state index is 0.105. The van der Waals surface area contributed by atoms with Gasteiger partial charge in [-0.15, -0.1) is 0 Å². The minimum atomic E-state index is -0.191. The maximum Gasteiger partial charge on any atom is 0.243 e. The molecule has 1 aromatic carbocycles. The Morgan fingerprint density at radius 1 is 1.21 bits per heavy atom. The van der Waals surface area contributed by atoms with Gasteiger partial charge in [0.15, 0.2) is 0 Å². The average molecular weight is 414 g/mol. The number of ether oxygens (including phenoxy) is 2. The summed E-state index contributed by atoms with van der Waals surface area (Å²) in [7, 11) is 0. The molecule has 6 nitrogen and oxygen atoms in total. The molecule has 152 valence electrons. The number of morpholine rings is 1. The molecule has 1 fully saturated rings. The van der Waals surface area contributed by atoms with Crippen LogP contribution in [0.15, 0.2) is 49.1 Å². The lowest BCUT2D eigenvalue weighted by Crippen LogP contribution is -2.37. The number of amides is 1. The summed E-state index contributed by atoms with van der Waals surface area (Å²) < 4.78 is 11.7. The predicted molar refractivity (Wildman–Crippen MR) is 112 cm³/mol. The van der Waals surface area contributed by atoms with Crippen LogP contribution in [-0.2, 0) is 9.53 Å². The van der Waals surface area contributed by atoms with Crippen LogP contribution in [0.4, 0.5) is 5.82 Å². The zero-order valence-corrected chi connectivity index (χ0v) is 16.9. The number of nitrogens with one attached hydrogen (secondary N) is 1. The third-order valence-corrected chi connectivity index (χ3v) is 5.52. The molecular formula is C22H24ClN3O3. The standard InChI is InChI=1S/C22H24ClN3O3/c1-2-21(27)24-18-8-9-19(29-16-5-3-15(23)4-6-16)22-17(18)7-10-20(25-22)26-11-13-28-14-12-26/h2-7,10,18-19H,1,8-9,11-14H2,(H,24,27). The number of nitrogens with zero attached hydrogens (tertiary/aromatic N) is 2. The highest BCUT2D eigenvalue weighted by Crippen LogP contribution is 2.39. The quantitative estimate of drug-likeness (QED) is 0.755. The van der Waals surface area contributed by atoms with Crippen LogP contribution in [0, 0.1) is 0 Å². The summed E-state index contributed by atoms with van der Waals surface area (Å²) in [6.07, 6.45) is 2.62. The van der Waals surface area contributed by atoms with Crippen molar-refractivity contribution in [2.45, 2.75) is 25.0 Å². The summed E-state index contributed by atoms with van der Waals surface area (Å²) in [5.74, 6) is 1.47. The summed E-state index contributed by atoms with van der Waals surface area (Å²) in [5, 5.41) is 3.68. The molecule has 1 aliphatic carbocycles. The summed E-state index contributed by atoms with van der Waals surface area (Å²) >= 11 is 5.99. The molecule has 2 aliphatic rings. The molecule has 1 N–H and O–H groups in total. The van der Waals surface area contributed by atoms with Crippen LogP contribution in [0.5, 0.6) is 5.75 Å². The Morgan fingerprint density at radius 3 is 2.69 bits per heavy atom. The first-order valence-electron chi connectivity index (χ1n) is 9.83. The monoisotopic (exact) mass is 413 g/mol. The Labute approximate surface area is 175 Å². The van der Waals surface area contributed by atoms with Gasteiger partial charge in [-0.25, -0.2) is 4.98 Å². The van der Waals surface area contributed by atoms with Gasteiger partial charge in [0.05, 0.1) is 24.9 Å². The number of rotatable bonds is 5. The maximum atomic E-state index is 11.9. The Kier molecular flexibility index (Phi) is 6.02. The predicted octanol–water partition coefficient (Wildman–Crippen LogP) is 3.83. The molecule has 2 heterocycles. The van der Waals surface area contributed by atoms with E-state index in [1.807, 2.05) is 30.3 Å². The first-order chi connectivity index (χ1) is 14.1. The van der Waals surface area contributed by atoms with Crippen molar-refractivity contribution in [3.05, 3.63) is 65.3 Å². The third-order valence-electron chi connectivity index (χ3n) is 5.27. The van der Waals surface area contributed by atoms with E-state index in [2.05, 4.69) is 22.9 Å². The molecule has 0 bridgehead atoms. The third kappa shape index (κ3) is 4.54. The van der Waals surface area contributed by atoms with Crippen molar-refractivity contribution in [2.24, 2.45) is 0 Å². The van der Waals surface area contributed by atoms with E-state index in [0.717, 1.165) is 48.8 Å². The van der Waals surface area contributed by atoms with Crippen molar-refractivity contribution >= 4 is 23.3 Å². The first-order valence-corrected chi connectivity index (χ1v) is 10.2. The number of carbonyl (C=O) groups is 1. The summed E-state index contributed by atoms with van der Waals surface area (Å²) in [5.41, 5.74) is 1.85. The molecular weight excluding hydrogens is 390 g/mol. The number of hydrogen-bond donors (Lipinski definition) is 1. The van der Waals surface area contributed by atoms with E-state index in [9.17, 15) is 4.79 Å². The molecule has 1 amide bonds. The van der Waals surface area contributed by atoms with E-state index in [1.165, 1.54) is 6.08 Å². The van der Waals surface area contributed by atoms with Crippen molar-refractivity contribution < 1.29 is 14.3 Å². The molecule has 4 rings (SSSR count). The highest BCUT2D eigenvalue weighted by Gasteiger charge is 2.31. The summed E-state index contributed by atoms with van der Waals surface area (Å²) in [6.45, 7) is 6.57. The van der Waals surface area contributed by atoms with Crippen LogP contribution in [0.1, 0.15) is 36.2 Å². The van der Waals surface area contributed by atoms with Crippen LogP contribution < -0.4 is 15.0 Å². The number of anilines is 1. The molecule has 1 aromatic heterocycles. The number of fused-ring (bicyclic) bond motifs is 1. The number of hydrogen-bond acceptors (Lipinski definition) is 5. The number of aromatic nitrogens is 1. The molecule has 2 unspecified atom stereocenters. The second-order valence-corrected chi connectivity index (χ2v) is 7.58. The SMILES string of the molecule is C=CC(=O)NC1CCC(Oc2ccc(Cl)cc2)c2nc(N3CCOCC3)ccc21. The fraction of sp³-hybridized carbons (Fsp3) is 0.364. The van der Waals surface area contributed by atoms with Crippen LogP contribution in [0.2, 0.25) is 5.02 Å². The van der Waals surface area contributed by atoms with E-state index in [-0.39, 0.29) is 18.1 Å². The second kappa shape index (κ2) is 8.84. The fourth-order valence-electron chi connectivity index (χ4n) is 3.78. The van der Waals surface area contributed by atoms with Gasteiger partial charge in [-0.2, -0.15) is 0 Å². The number of halogens is 1. The van der Waals surface area contributed by atoms with Gasteiger partial charge in [0.1, 0.15) is 17.7 Å². The van der Waals surface area contributed by atoms with Gasteiger partial charge in [-0.1, -0.05) is 24.2 Å². The van der Waals surface area contributed by atoms with Crippen LogP contribution in [-0.4, -0.2) is 37.2 Å². The number of pyridine rings is 1. The molecule has 0 spiro atoms. The summed E-state index contributed by atoms with van der Waals surface area (Å²) in [4.78, 5) is 19.1. The maximum absolute atomic E-state index is 11.9. The number of carbonyl (C=O) groups excluding carboxylic acids is 1. The molecule has 0 radical (unpaired) electrons. The Hall–Kier alpha value is -2.57. The second-order valence-electron chi connectivity index (χ2n) is 7.15. The summed E-state index contributed by atoms with van der Waals surface area (Å²) in [6, 6.07) is 11.3. The van der Waals surface area contributed by atoms with E-state index < -0.39 is 0 Å². The van der Waals surface area contributed by atoms with E-state index in [4.69, 9.17) is 26.1 Å². The van der Waals surface area contributed by atoms with Crippen LogP contribution in [0.25, 0.3) is 0 Å². The molecule has 7 heteroatoms. The van der Waals surface area contributed by atoms with Crippen LogP contribution >= 0.6 is 11.6 Å². The van der Waals surface area contributed by atoms with Crippen molar-refractivity contribution in [1.29, 1.82) is 0 Å². The lowest BCUT2D eigenvalue weighted by atomic mass is 9.89. The molecule has 29 heavy (non-hydrogen) atoms. The zero-order valence-electron chi connectivity index (χ0n) is 16.1. The van der Waals surface area contributed by atoms with Crippen molar-refractivity contribution in [3.8, 4) is 5.75 Å². The molecule has 1 aliphatic heterocycles. The lowest BCUT2D eigenvalue weighted by molar-refractivity contribution is -0.117. The van der Waals surface area contributed by atoms with Gasteiger partial charge in [0, 0.05) is 18.1 Å². The lowest BCUT2D eigenvalue weighted by Gasteiger charge is -2.33. The molecule has 2 aromatic rings. The van der Waals surface area contributed by atoms with Gasteiger partial charge < -0.3 is 19.7 Å². The van der Waals surface area contributed by atoms with Gasteiger partial charge in [-0.3, -0.25) is 4.79 Å². The van der Waals surface area contributed by atoms with Gasteiger partial charge in [0.25, 0.3) is 0 Å². The van der Waals surface area contributed by atoms with E-state index >= 15 is 0 Å². The van der Waals surface area contributed by atoms with Crippen molar-refractivity contribution in [2.75, 3.05) is 31.2 Å². The zero-order chi connectivity index (χ0) is 20.2.